The molecule has 1 aliphatic rings. The van der Waals surface area contributed by atoms with Gasteiger partial charge in [0.2, 0.25) is 17.6 Å². The normalized spacial score (nSPS) is 14.9. The second kappa shape index (κ2) is 7.02. The van der Waals surface area contributed by atoms with Gasteiger partial charge in [-0.25, -0.2) is 0 Å². The molecule has 0 saturated heterocycles. The average Bonchev–Trinajstić information content (AvgIpc) is 2.58. The molecule has 26 heavy (non-hydrogen) atoms. The van der Waals surface area contributed by atoms with Gasteiger partial charge in [-0.2, -0.15) is 9.97 Å². The molecule has 0 unspecified atom stereocenters. The molecule has 2 rings (SSSR count). The molecule has 13 heteroatoms. The van der Waals surface area contributed by atoms with Gasteiger partial charge in [-0.1, -0.05) is 13.2 Å². The van der Waals surface area contributed by atoms with Gasteiger partial charge < -0.3 is 24.3 Å². The fourth-order valence-electron chi connectivity index (χ4n) is 1.57. The van der Waals surface area contributed by atoms with Crippen molar-refractivity contribution in [1.82, 2.24) is 9.97 Å². The molecule has 0 saturated carbocycles. The van der Waals surface area contributed by atoms with Crippen LogP contribution in [0.1, 0.15) is 0 Å². The summed E-state index contributed by atoms with van der Waals surface area (Å²) in [7, 11) is -4.76. The predicted octanol–water partition coefficient (Wildman–Crippen LogP) is -0.168. The van der Waals surface area contributed by atoms with Gasteiger partial charge in [0.25, 0.3) is 5.91 Å². The van der Waals surface area contributed by atoms with Crippen LogP contribution in [0.2, 0.25) is 0 Å². The first-order chi connectivity index (χ1) is 12.1. The Morgan fingerprint density at radius 2 is 1.69 bits per heavy atom. The van der Waals surface area contributed by atoms with Crippen LogP contribution in [0, 0.1) is 0 Å². The summed E-state index contributed by atoms with van der Waals surface area (Å²) < 4.78 is 32.2. The van der Waals surface area contributed by atoms with Crippen molar-refractivity contribution in [1.29, 1.82) is 0 Å². The van der Waals surface area contributed by atoms with E-state index in [2.05, 4.69) is 54.0 Å². The van der Waals surface area contributed by atoms with Crippen molar-refractivity contribution < 1.29 is 31.2 Å². The summed E-state index contributed by atoms with van der Waals surface area (Å²) in [6.07, 6.45) is 1.79. The second-order valence-electron chi connectivity index (χ2n) is 4.42. The Hall–Kier alpha value is -3.74. The first kappa shape index (κ1) is 18.6. The van der Waals surface area contributed by atoms with Gasteiger partial charge in [-0.05, 0) is 18.7 Å². The predicted molar refractivity (Wildman–Crippen MR) is 88.1 cm³/mol. The van der Waals surface area contributed by atoms with Crippen LogP contribution in [0.25, 0.3) is 0 Å². The maximum Gasteiger partial charge on any atom is 0.503 e. The molecule has 2 bridgehead atoms. The van der Waals surface area contributed by atoms with E-state index in [1.165, 1.54) is 0 Å². The molecule has 0 aromatic carbocycles. The maximum atomic E-state index is 12.0. The van der Waals surface area contributed by atoms with Crippen molar-refractivity contribution >= 4 is 45.4 Å². The largest absolute Gasteiger partial charge is 0.503 e. The summed E-state index contributed by atoms with van der Waals surface area (Å²) in [4.78, 5) is 42.5. The summed E-state index contributed by atoms with van der Waals surface area (Å²) in [6.45, 7) is 9.65. The first-order valence-electron chi connectivity index (χ1n) is 6.58. The van der Waals surface area contributed by atoms with Crippen molar-refractivity contribution in [2.45, 2.75) is 0 Å². The summed E-state index contributed by atoms with van der Waals surface area (Å²) in [5.41, 5.74) is -0.266. The minimum atomic E-state index is -4.76. The average molecular weight is 381 g/mol. The van der Waals surface area contributed by atoms with Crippen molar-refractivity contribution in [3.8, 4) is 6.01 Å². The lowest BCUT2D eigenvalue weighted by atomic mass is 10.3. The Balaban J connectivity index is 2.68. The third kappa shape index (κ3) is 4.21. The lowest BCUT2D eigenvalue weighted by molar-refractivity contribution is -0.115. The fourth-order valence-corrected chi connectivity index (χ4v) is 2.18. The highest BCUT2D eigenvalue weighted by molar-refractivity contribution is 7.82. The summed E-state index contributed by atoms with van der Waals surface area (Å²) in [5, 5.41) is 6.64. The number of fused-ring (bicyclic) bond motifs is 2. The van der Waals surface area contributed by atoms with E-state index in [1.54, 1.807) is 0 Å². The Kier molecular flexibility index (Phi) is 5.02. The quantitative estimate of drug-likeness (QED) is 0.600. The van der Waals surface area contributed by atoms with E-state index in [0.29, 0.717) is 0 Å². The molecule has 3 N–H and O–H groups in total. The molecule has 1 aromatic heterocycles. The maximum absolute atomic E-state index is 12.0. The number of amides is 3. The van der Waals surface area contributed by atoms with Crippen LogP contribution in [-0.4, -0.2) is 36.1 Å². The van der Waals surface area contributed by atoms with Gasteiger partial charge in [0, 0.05) is 0 Å². The SMILES string of the molecule is C=CC(=O)Nc1nc2nc(c1NC(=O)C=C)NC(=O)C(=C)OS(=O)(=O)O2. The number of anilines is 3. The Morgan fingerprint density at radius 3 is 2.31 bits per heavy atom. The highest BCUT2D eigenvalue weighted by atomic mass is 32.3. The van der Waals surface area contributed by atoms with Crippen molar-refractivity contribution in [2.75, 3.05) is 16.0 Å². The number of carbonyl (C=O) groups excluding carboxylic acids is 3. The minimum absolute atomic E-state index is 0.266. The number of aromatic nitrogens is 2. The number of carbonyl (C=O) groups is 3. The van der Waals surface area contributed by atoms with E-state index < -0.39 is 45.7 Å². The molecule has 1 aromatic rings. The molecule has 0 fully saturated rings. The summed E-state index contributed by atoms with van der Waals surface area (Å²) in [5.74, 6) is -4.18. The van der Waals surface area contributed by atoms with E-state index in [1.807, 2.05) is 0 Å². The van der Waals surface area contributed by atoms with Crippen LogP contribution in [-0.2, 0) is 29.0 Å². The third-order valence-corrected chi connectivity index (χ3v) is 3.37. The third-order valence-electron chi connectivity index (χ3n) is 2.61. The number of hydrogen-bond donors (Lipinski definition) is 3. The molecule has 12 nitrogen and oxygen atoms in total. The number of nitrogens with zero attached hydrogens (tertiary/aromatic N) is 2. The molecular weight excluding hydrogens is 370 g/mol. The van der Waals surface area contributed by atoms with Crippen LogP contribution in [0.5, 0.6) is 6.01 Å². The van der Waals surface area contributed by atoms with Gasteiger partial charge in [0.15, 0.2) is 11.6 Å². The van der Waals surface area contributed by atoms with Gasteiger partial charge in [-0.15, -0.1) is 8.42 Å². The molecule has 1 aliphatic heterocycles. The topological polar surface area (TPSA) is 166 Å². The van der Waals surface area contributed by atoms with E-state index in [9.17, 15) is 22.8 Å². The first-order valence-corrected chi connectivity index (χ1v) is 7.91. The Morgan fingerprint density at radius 1 is 1.08 bits per heavy atom. The Bertz CT molecular complexity index is 954. The molecule has 0 spiro atoms. The van der Waals surface area contributed by atoms with Crippen molar-refractivity contribution in [3.05, 3.63) is 37.6 Å². The zero-order chi connectivity index (χ0) is 19.5. The van der Waals surface area contributed by atoms with E-state index in [0.717, 1.165) is 12.2 Å². The number of rotatable bonds is 4. The smallest absolute Gasteiger partial charge is 0.347 e. The minimum Gasteiger partial charge on any atom is -0.347 e. The monoisotopic (exact) mass is 381 g/mol. The molecule has 2 heterocycles. The van der Waals surface area contributed by atoms with Crippen LogP contribution < -0.4 is 20.1 Å². The van der Waals surface area contributed by atoms with Gasteiger partial charge >= 0.3 is 16.4 Å². The second-order valence-corrected chi connectivity index (χ2v) is 5.57. The summed E-state index contributed by atoms with van der Waals surface area (Å²) in [6, 6.07) is -0.800. The van der Waals surface area contributed by atoms with E-state index in [-0.39, 0.29) is 11.5 Å². The standard InChI is InChI=1S/C13H11N5O7S/c1-4-7(19)14-9-10(15-8(20)5-2)17-13-18-11(9)16-12(21)6(3)24-26(22,23)25-13/h4-5H,1-3H2,(H,14,19)(H2,15,16,17,18,20,21). The lowest BCUT2D eigenvalue weighted by Crippen LogP contribution is -2.21. The molecular formula is C13H11N5O7S. The van der Waals surface area contributed by atoms with Crippen molar-refractivity contribution in [3.63, 3.8) is 0 Å². The summed E-state index contributed by atoms with van der Waals surface area (Å²) >= 11 is 0. The molecule has 0 atom stereocenters. The van der Waals surface area contributed by atoms with Crippen LogP contribution >= 0.6 is 0 Å². The van der Waals surface area contributed by atoms with Gasteiger partial charge in [-0.3, -0.25) is 14.4 Å². The lowest BCUT2D eigenvalue weighted by Gasteiger charge is -2.14. The molecule has 136 valence electrons. The zero-order valence-corrected chi connectivity index (χ0v) is 13.8. The van der Waals surface area contributed by atoms with Crippen molar-refractivity contribution in [2.24, 2.45) is 0 Å². The fraction of sp³-hybridized carbons (Fsp3) is 0. The Labute approximate surface area is 146 Å². The molecule has 0 radical (unpaired) electrons. The van der Waals surface area contributed by atoms with Crippen LogP contribution in [0.3, 0.4) is 0 Å². The molecule has 0 aliphatic carbocycles. The van der Waals surface area contributed by atoms with E-state index in [4.69, 9.17) is 0 Å². The van der Waals surface area contributed by atoms with Crippen LogP contribution in [0.4, 0.5) is 17.3 Å². The number of hydrogen-bond acceptors (Lipinski definition) is 9. The van der Waals surface area contributed by atoms with Gasteiger partial charge in [0.05, 0.1) is 0 Å². The van der Waals surface area contributed by atoms with Gasteiger partial charge in [0.1, 0.15) is 5.69 Å². The number of nitrogens with one attached hydrogen (secondary N) is 3. The highest BCUT2D eigenvalue weighted by Gasteiger charge is 2.29. The highest BCUT2D eigenvalue weighted by Crippen LogP contribution is 2.32. The zero-order valence-electron chi connectivity index (χ0n) is 12.9. The molecule has 3 amide bonds. The van der Waals surface area contributed by atoms with Crippen LogP contribution in [0.15, 0.2) is 37.6 Å². The van der Waals surface area contributed by atoms with E-state index >= 15 is 0 Å².